The number of carbonyl (C=O) groups is 6. The summed E-state index contributed by atoms with van der Waals surface area (Å²) in [5, 5.41) is 16.7. The summed E-state index contributed by atoms with van der Waals surface area (Å²) in [6, 6.07) is -4.62. The van der Waals surface area contributed by atoms with Crippen molar-refractivity contribution in [2.75, 3.05) is 0 Å². The van der Waals surface area contributed by atoms with Crippen molar-refractivity contribution in [3.8, 4) is 0 Å². The molecule has 0 bridgehead atoms. The lowest BCUT2D eigenvalue weighted by atomic mass is 9.98. The Morgan fingerprint density at radius 1 is 0.743 bits per heavy atom. The molecule has 0 fully saturated rings. The fraction of sp³-hybridized carbons (Fsp3) is 0.727. The third-order valence-corrected chi connectivity index (χ3v) is 5.51. The highest BCUT2D eigenvalue weighted by molar-refractivity contribution is 5.94. The fourth-order valence-electron chi connectivity index (χ4n) is 3.13. The van der Waals surface area contributed by atoms with E-state index < -0.39 is 59.7 Å². The smallest absolute Gasteiger partial charge is 0.326 e. The Balaban J connectivity index is 5.61. The highest BCUT2D eigenvalue weighted by Gasteiger charge is 2.31. The number of amides is 5. The van der Waals surface area contributed by atoms with Gasteiger partial charge in [-0.25, -0.2) is 4.79 Å². The van der Waals surface area contributed by atoms with Gasteiger partial charge in [-0.05, 0) is 31.1 Å². The van der Waals surface area contributed by atoms with E-state index in [2.05, 4.69) is 16.0 Å². The molecule has 5 atom stereocenters. The van der Waals surface area contributed by atoms with E-state index in [1.807, 2.05) is 6.92 Å². The van der Waals surface area contributed by atoms with Gasteiger partial charge in [0.1, 0.15) is 18.1 Å². The van der Waals surface area contributed by atoms with Crippen LogP contribution in [-0.4, -0.2) is 64.8 Å². The molecule has 13 nitrogen and oxygen atoms in total. The Morgan fingerprint density at radius 3 is 1.60 bits per heavy atom. The van der Waals surface area contributed by atoms with Crippen LogP contribution in [0.2, 0.25) is 0 Å². The lowest BCUT2D eigenvalue weighted by Crippen LogP contribution is -2.58. The molecule has 0 heterocycles. The van der Waals surface area contributed by atoms with Crippen LogP contribution < -0.4 is 33.2 Å². The van der Waals surface area contributed by atoms with Gasteiger partial charge in [0.2, 0.25) is 29.5 Å². The number of carboxylic acids is 1. The quantitative estimate of drug-likeness (QED) is 0.123. The minimum Gasteiger partial charge on any atom is -0.480 e. The average molecular weight is 501 g/mol. The van der Waals surface area contributed by atoms with Crippen LogP contribution in [0.4, 0.5) is 0 Å². The normalized spacial score (nSPS) is 15.3. The summed E-state index contributed by atoms with van der Waals surface area (Å²) in [6.45, 7) is 7.23. The summed E-state index contributed by atoms with van der Waals surface area (Å²) in [7, 11) is 0. The first kappa shape index (κ1) is 31.8. The van der Waals surface area contributed by atoms with Crippen LogP contribution >= 0.6 is 0 Å². The van der Waals surface area contributed by atoms with Gasteiger partial charge in [-0.3, -0.25) is 24.0 Å². The van der Waals surface area contributed by atoms with Crippen LogP contribution in [0.1, 0.15) is 66.2 Å². The zero-order valence-corrected chi connectivity index (χ0v) is 20.8. The van der Waals surface area contributed by atoms with E-state index in [0.717, 1.165) is 0 Å². The molecule has 5 amide bonds. The molecule has 0 spiro atoms. The van der Waals surface area contributed by atoms with Gasteiger partial charge in [-0.15, -0.1) is 0 Å². The Bertz CT molecular complexity index is 773. The molecule has 13 heteroatoms. The van der Waals surface area contributed by atoms with Gasteiger partial charge in [-0.2, -0.15) is 0 Å². The van der Waals surface area contributed by atoms with Crippen molar-refractivity contribution in [2.45, 2.75) is 90.4 Å². The van der Waals surface area contributed by atoms with Crippen molar-refractivity contribution < 1.29 is 33.9 Å². The molecule has 0 aromatic heterocycles. The summed E-state index contributed by atoms with van der Waals surface area (Å²) in [5.74, 6) is -5.12. The maximum Gasteiger partial charge on any atom is 0.326 e. The molecule has 10 N–H and O–H groups in total. The van der Waals surface area contributed by atoms with Crippen molar-refractivity contribution in [3.05, 3.63) is 0 Å². The van der Waals surface area contributed by atoms with Crippen molar-refractivity contribution in [2.24, 2.45) is 29.0 Å². The molecule has 0 saturated heterocycles. The number of carboxylic acid groups (broad SMARTS) is 1. The predicted octanol–water partition coefficient (Wildman–Crippen LogP) is -1.52. The molecule has 35 heavy (non-hydrogen) atoms. The van der Waals surface area contributed by atoms with Crippen molar-refractivity contribution in [1.82, 2.24) is 16.0 Å². The average Bonchev–Trinajstić information content (AvgIpc) is 2.76. The van der Waals surface area contributed by atoms with E-state index in [4.69, 9.17) is 17.2 Å². The molecule has 0 saturated carbocycles. The SMILES string of the molecule is CCC(C)C(N)C(=O)NC(CCC(N)=O)C(=O)NC(CC(C)C)C(=O)NC(CCC(N)=O)C(=O)O. The minimum absolute atomic E-state index is 0.0718. The summed E-state index contributed by atoms with van der Waals surface area (Å²) < 4.78 is 0. The van der Waals surface area contributed by atoms with E-state index in [1.54, 1.807) is 20.8 Å². The second-order valence-electron chi connectivity index (χ2n) is 9.07. The molecule has 0 radical (unpaired) electrons. The Morgan fingerprint density at radius 2 is 1.17 bits per heavy atom. The molecule has 0 aliphatic rings. The molecule has 5 unspecified atom stereocenters. The highest BCUT2D eigenvalue weighted by atomic mass is 16.4. The number of nitrogens with one attached hydrogen (secondary N) is 3. The van der Waals surface area contributed by atoms with Gasteiger partial charge in [0.05, 0.1) is 6.04 Å². The summed E-state index contributed by atoms with van der Waals surface area (Å²) in [4.78, 5) is 72.1. The van der Waals surface area contributed by atoms with Crippen LogP contribution in [0.3, 0.4) is 0 Å². The third-order valence-electron chi connectivity index (χ3n) is 5.51. The maximum atomic E-state index is 13.0. The van der Waals surface area contributed by atoms with Crippen LogP contribution in [0, 0.1) is 11.8 Å². The van der Waals surface area contributed by atoms with Crippen LogP contribution in [0.5, 0.6) is 0 Å². The van der Waals surface area contributed by atoms with Crippen molar-refractivity contribution in [1.29, 1.82) is 0 Å². The van der Waals surface area contributed by atoms with Gasteiger partial charge in [-0.1, -0.05) is 34.1 Å². The second-order valence-corrected chi connectivity index (χ2v) is 9.07. The summed E-state index contributed by atoms with van der Waals surface area (Å²) in [6.07, 6.45) is -0.00910. The Hall–Kier alpha value is -3.22. The van der Waals surface area contributed by atoms with E-state index >= 15 is 0 Å². The number of primary amides is 2. The number of aliphatic carboxylic acids is 1. The van der Waals surface area contributed by atoms with E-state index in [1.165, 1.54) is 0 Å². The maximum absolute atomic E-state index is 13.0. The molecule has 0 aromatic carbocycles. The van der Waals surface area contributed by atoms with Crippen LogP contribution in [0.15, 0.2) is 0 Å². The van der Waals surface area contributed by atoms with Gasteiger partial charge in [0.25, 0.3) is 0 Å². The lowest BCUT2D eigenvalue weighted by molar-refractivity contribution is -0.142. The van der Waals surface area contributed by atoms with Gasteiger partial charge >= 0.3 is 5.97 Å². The second kappa shape index (κ2) is 15.6. The lowest BCUT2D eigenvalue weighted by Gasteiger charge is -2.26. The Kier molecular flexibility index (Phi) is 14.2. The number of hydrogen-bond acceptors (Lipinski definition) is 7. The molecule has 0 aliphatic heterocycles. The minimum atomic E-state index is -1.39. The monoisotopic (exact) mass is 500 g/mol. The third kappa shape index (κ3) is 12.7. The number of nitrogens with two attached hydrogens (primary N) is 3. The van der Waals surface area contributed by atoms with Crippen molar-refractivity contribution in [3.63, 3.8) is 0 Å². The van der Waals surface area contributed by atoms with Crippen LogP contribution in [-0.2, 0) is 28.8 Å². The zero-order chi connectivity index (χ0) is 27.3. The van der Waals surface area contributed by atoms with Crippen LogP contribution in [0.25, 0.3) is 0 Å². The van der Waals surface area contributed by atoms with E-state index in [9.17, 15) is 33.9 Å². The molecular weight excluding hydrogens is 460 g/mol. The molecular formula is C22H40N6O7. The molecule has 0 aliphatic carbocycles. The predicted molar refractivity (Wildman–Crippen MR) is 127 cm³/mol. The van der Waals surface area contributed by atoms with Gasteiger partial charge < -0.3 is 38.3 Å². The molecule has 0 rings (SSSR count). The number of rotatable bonds is 17. The molecule has 0 aromatic rings. The zero-order valence-electron chi connectivity index (χ0n) is 20.8. The topological polar surface area (TPSA) is 237 Å². The molecule has 200 valence electrons. The largest absolute Gasteiger partial charge is 0.480 e. The first-order chi connectivity index (χ1) is 16.2. The van der Waals surface area contributed by atoms with Gasteiger partial charge in [0.15, 0.2) is 0 Å². The van der Waals surface area contributed by atoms with Crippen molar-refractivity contribution >= 4 is 35.5 Å². The summed E-state index contributed by atoms with van der Waals surface area (Å²) in [5.41, 5.74) is 16.2. The summed E-state index contributed by atoms with van der Waals surface area (Å²) >= 11 is 0. The first-order valence-corrected chi connectivity index (χ1v) is 11.7. The van der Waals surface area contributed by atoms with Gasteiger partial charge in [0, 0.05) is 12.8 Å². The standard InChI is InChI=1S/C22H40N6O7/c1-5-12(4)18(25)21(33)26-13(6-8-16(23)29)19(31)28-15(10-11(2)3)20(32)27-14(22(34)35)7-9-17(24)30/h11-15,18H,5-10,25H2,1-4H3,(H2,23,29)(H2,24,30)(H,26,33)(H,27,32)(H,28,31)(H,34,35). The first-order valence-electron chi connectivity index (χ1n) is 11.7. The Labute approximate surface area is 205 Å². The fourth-order valence-corrected chi connectivity index (χ4v) is 3.13. The van der Waals surface area contributed by atoms with E-state index in [-0.39, 0.29) is 43.9 Å². The number of hydrogen-bond donors (Lipinski definition) is 7. The van der Waals surface area contributed by atoms with E-state index in [0.29, 0.717) is 6.42 Å². The number of carbonyl (C=O) groups excluding carboxylic acids is 5. The highest BCUT2D eigenvalue weighted by Crippen LogP contribution is 2.10.